The molecular weight excluding hydrogens is 841 g/mol. The molecule has 6 unspecified atom stereocenters. The van der Waals surface area contributed by atoms with Gasteiger partial charge in [0.2, 0.25) is 5.79 Å². The molecule has 1 aromatic heterocycles. The van der Waals surface area contributed by atoms with Crippen molar-refractivity contribution in [3.8, 4) is 28.4 Å². The average molecular weight is 897 g/mol. The second kappa shape index (κ2) is 21.9. The molecule has 0 amide bonds. The zero-order valence-corrected chi connectivity index (χ0v) is 37.3. The molecule has 12 nitrogen and oxygen atoms in total. The fourth-order valence-corrected chi connectivity index (χ4v) is 11.1. The van der Waals surface area contributed by atoms with Gasteiger partial charge in [-0.05, 0) is 108 Å². The minimum absolute atomic E-state index is 0.0100. The number of fused-ring (bicyclic) bond motifs is 2. The number of aromatic nitrogens is 2. The Morgan fingerprint density at radius 1 is 0.923 bits per heavy atom. The summed E-state index contributed by atoms with van der Waals surface area (Å²) < 4.78 is 21.1. The van der Waals surface area contributed by atoms with E-state index in [1.807, 2.05) is 42.5 Å². The van der Waals surface area contributed by atoms with E-state index in [1.54, 1.807) is 48.6 Å². The number of aryl methyl sites for hydroxylation is 1. The zero-order chi connectivity index (χ0) is 45.0. The van der Waals surface area contributed by atoms with Crippen LogP contribution in [0.5, 0.6) is 17.2 Å². The number of ether oxygens (including phenoxy) is 3. The summed E-state index contributed by atoms with van der Waals surface area (Å²) >= 11 is 1.76. The third-order valence-corrected chi connectivity index (χ3v) is 14.0. The molecule has 5 aromatic rings. The molecule has 1 fully saturated rings. The predicted octanol–water partition coefficient (Wildman–Crippen LogP) is 10.7. The summed E-state index contributed by atoms with van der Waals surface area (Å²) in [6, 6.07) is 30.8. The summed E-state index contributed by atoms with van der Waals surface area (Å²) in [7, 11) is 0. The molecule has 1 saturated carbocycles. The maximum absolute atomic E-state index is 11.3. The number of allylic oxidation sites excluding steroid dienone is 1. The Morgan fingerprint density at radius 2 is 1.68 bits per heavy atom. The van der Waals surface area contributed by atoms with Gasteiger partial charge in [-0.25, -0.2) is 0 Å². The number of hydrogen-bond acceptors (Lipinski definition) is 12. The molecule has 1 aliphatic heterocycles. The number of hydrogen-bond donors (Lipinski definition) is 2. The van der Waals surface area contributed by atoms with Gasteiger partial charge in [0.25, 0.3) is 5.69 Å². The van der Waals surface area contributed by atoms with E-state index in [-0.39, 0.29) is 61.0 Å². The Morgan fingerprint density at radius 3 is 2.40 bits per heavy atom. The quantitative estimate of drug-likeness (QED) is 0.0295. The van der Waals surface area contributed by atoms with Crippen LogP contribution in [0, 0.1) is 27.9 Å². The lowest BCUT2D eigenvalue weighted by Crippen LogP contribution is -2.64. The van der Waals surface area contributed by atoms with Crippen molar-refractivity contribution in [1.29, 1.82) is 0 Å². The topological polar surface area (TPSA) is 159 Å². The second-order valence-electron chi connectivity index (χ2n) is 16.8. The highest BCUT2D eigenvalue weighted by Crippen LogP contribution is 2.62. The SMILES string of the molecule is C=CCOC12Oc3ccc(Oc4ccc(-c5ccccc5)cc4)cc3C3C(CCCCO)C(CCCCO)C=C(C(=NOCc4ccc([N+](=O)[O-])cc4)CC1SCCc1cnccn1)C32. The largest absolute Gasteiger partial charge is 0.460 e. The number of unbranched alkanes of at least 4 members (excludes halogenated alkanes) is 2. The van der Waals surface area contributed by atoms with Crippen LogP contribution in [0.3, 0.4) is 0 Å². The van der Waals surface area contributed by atoms with Crippen molar-refractivity contribution in [3.63, 3.8) is 0 Å². The molecule has 2 N–H and O–H groups in total. The molecule has 4 aromatic carbocycles. The highest BCUT2D eigenvalue weighted by molar-refractivity contribution is 8.00. The number of thioether (sulfide) groups is 1. The Hall–Kier alpha value is -5.86. The Kier molecular flexibility index (Phi) is 15.4. The molecule has 338 valence electrons. The van der Waals surface area contributed by atoms with E-state index in [9.17, 15) is 20.3 Å². The third-order valence-electron chi connectivity index (χ3n) is 12.7. The number of rotatable bonds is 22. The van der Waals surface area contributed by atoms with E-state index in [2.05, 4.69) is 53.0 Å². The van der Waals surface area contributed by atoms with Gasteiger partial charge >= 0.3 is 0 Å². The van der Waals surface area contributed by atoms with Crippen LogP contribution in [-0.4, -0.2) is 67.4 Å². The molecule has 6 atom stereocenters. The van der Waals surface area contributed by atoms with E-state index in [4.69, 9.17) is 24.2 Å². The molecular formula is C52H56N4O8S. The van der Waals surface area contributed by atoms with Crippen LogP contribution in [0.4, 0.5) is 5.69 Å². The molecule has 3 aliphatic rings. The van der Waals surface area contributed by atoms with E-state index in [0.29, 0.717) is 42.9 Å². The fourth-order valence-electron chi connectivity index (χ4n) is 9.68. The minimum Gasteiger partial charge on any atom is -0.460 e. The summed E-state index contributed by atoms with van der Waals surface area (Å²) in [4.78, 5) is 25.9. The van der Waals surface area contributed by atoms with Crippen LogP contribution >= 0.6 is 11.8 Å². The normalized spacial score (nSPS) is 22.5. The van der Waals surface area contributed by atoms with E-state index in [1.165, 1.54) is 12.1 Å². The van der Waals surface area contributed by atoms with E-state index >= 15 is 0 Å². The van der Waals surface area contributed by atoms with Crippen molar-refractivity contribution in [2.24, 2.45) is 22.9 Å². The van der Waals surface area contributed by atoms with Crippen LogP contribution in [-0.2, 0) is 22.6 Å². The molecule has 2 aliphatic carbocycles. The van der Waals surface area contributed by atoms with Crippen molar-refractivity contribution in [1.82, 2.24) is 9.97 Å². The summed E-state index contributed by atoms with van der Waals surface area (Å²) in [6.07, 6.45) is 15.2. The Bertz CT molecular complexity index is 2420. The van der Waals surface area contributed by atoms with Gasteiger partial charge in [0.05, 0.1) is 34.1 Å². The summed E-state index contributed by atoms with van der Waals surface area (Å²) in [5, 5.41) is 35.9. The monoisotopic (exact) mass is 896 g/mol. The molecule has 0 bridgehead atoms. The molecule has 0 spiro atoms. The van der Waals surface area contributed by atoms with E-state index in [0.717, 1.165) is 70.7 Å². The highest BCUT2D eigenvalue weighted by Gasteiger charge is 2.64. The summed E-state index contributed by atoms with van der Waals surface area (Å²) in [6.45, 7) is 4.66. The number of non-ortho nitro benzene ring substituents is 1. The first-order chi connectivity index (χ1) is 31.9. The lowest BCUT2D eigenvalue weighted by Gasteiger charge is -2.58. The van der Waals surface area contributed by atoms with Gasteiger partial charge in [0, 0.05) is 68.3 Å². The first-order valence-electron chi connectivity index (χ1n) is 22.5. The summed E-state index contributed by atoms with van der Waals surface area (Å²) in [5.41, 5.74) is 6.72. The predicted molar refractivity (Wildman–Crippen MR) is 253 cm³/mol. The average Bonchev–Trinajstić information content (AvgIpc) is 3.33. The first-order valence-corrected chi connectivity index (χ1v) is 23.6. The molecule has 13 heteroatoms. The number of oxime groups is 1. The van der Waals surface area contributed by atoms with Crippen LogP contribution in [0.15, 0.2) is 145 Å². The maximum Gasteiger partial charge on any atom is 0.269 e. The first kappa shape index (κ1) is 45.7. The molecule has 0 radical (unpaired) electrons. The van der Waals surface area contributed by atoms with Gasteiger partial charge in [-0.15, -0.1) is 6.58 Å². The maximum atomic E-state index is 11.3. The van der Waals surface area contributed by atoms with Crippen LogP contribution < -0.4 is 9.47 Å². The van der Waals surface area contributed by atoms with Gasteiger partial charge in [-0.3, -0.25) is 20.1 Å². The number of aliphatic hydroxyl groups is 2. The third kappa shape index (κ3) is 10.7. The Balaban J connectivity index is 1.22. The smallest absolute Gasteiger partial charge is 0.269 e. The van der Waals surface area contributed by atoms with Gasteiger partial charge in [0.1, 0.15) is 23.9 Å². The van der Waals surface area contributed by atoms with Crippen LogP contribution in [0.2, 0.25) is 0 Å². The van der Waals surface area contributed by atoms with Crippen LogP contribution in [0.25, 0.3) is 11.1 Å². The van der Waals surface area contributed by atoms with Crippen LogP contribution in [0.1, 0.15) is 67.7 Å². The zero-order valence-electron chi connectivity index (χ0n) is 36.5. The number of aliphatic hydroxyl groups excluding tert-OH is 2. The van der Waals surface area contributed by atoms with Gasteiger partial charge in [-0.2, -0.15) is 11.8 Å². The van der Waals surface area contributed by atoms with Gasteiger partial charge < -0.3 is 29.3 Å². The van der Waals surface area contributed by atoms with Crippen molar-refractivity contribution in [2.45, 2.75) is 74.9 Å². The fraction of sp³-hybridized carbons (Fsp3) is 0.365. The van der Waals surface area contributed by atoms with Gasteiger partial charge in [0.15, 0.2) is 0 Å². The number of benzene rings is 4. The molecule has 0 saturated heterocycles. The minimum atomic E-state index is -1.14. The second-order valence-corrected chi connectivity index (χ2v) is 18.1. The Labute approximate surface area is 384 Å². The number of nitro groups is 1. The lowest BCUT2D eigenvalue weighted by atomic mass is 9.56. The molecule has 65 heavy (non-hydrogen) atoms. The van der Waals surface area contributed by atoms with E-state index < -0.39 is 10.7 Å². The van der Waals surface area contributed by atoms with Gasteiger partial charge in [-0.1, -0.05) is 72.6 Å². The van der Waals surface area contributed by atoms with Crippen molar-refractivity contribution < 1.29 is 34.2 Å². The summed E-state index contributed by atoms with van der Waals surface area (Å²) in [5.74, 6) is 1.50. The number of nitro benzene ring substituents is 1. The molecule has 2 heterocycles. The van der Waals surface area contributed by atoms with Crippen molar-refractivity contribution in [2.75, 3.05) is 25.6 Å². The molecule has 8 rings (SSSR count). The lowest BCUT2D eigenvalue weighted by molar-refractivity contribution is -0.384. The number of nitrogens with zero attached hydrogens (tertiary/aromatic N) is 4. The standard InChI is InChI=1S/C52H56N4O8S/c1-2-29-61-52-49(65-30-24-40-34-53-25-26-54-40)33-47(55-62-35-36-14-18-41(19-15-36)56(59)60)45-31-39(12-6-8-27-57)44(13-7-9-28-58)50(51(45)52)46-32-43(22-23-48(46)64-52)63-42-20-16-38(17-21-42)37-10-4-3-5-11-37/h2-5,10-11,14-23,25-26,31-32,34,39,44,49-51,57-58H,1,6-9,12-13,24,27-30,33,35H2. The highest BCUT2D eigenvalue weighted by atomic mass is 32.2. The van der Waals surface area contributed by atoms with Crippen molar-refractivity contribution in [3.05, 3.63) is 167 Å². The van der Waals surface area contributed by atoms with Crippen molar-refractivity contribution >= 4 is 23.2 Å².